The molecule has 0 saturated carbocycles. The molecule has 2 atom stereocenters. The molecule has 0 amide bonds. The van der Waals surface area contributed by atoms with Gasteiger partial charge in [-0.25, -0.2) is 0 Å². The standard InChI is InChI=1S/C8H16N2O2S/c1-3-8(2)11-4-6(12-8)5-13-7(9)10/h6H,3-5H2,1-2H3,(H3,9,10). The predicted molar refractivity (Wildman–Crippen MR) is 53.9 cm³/mol. The van der Waals surface area contributed by atoms with Gasteiger partial charge in [-0.3, -0.25) is 5.41 Å². The molecule has 0 bridgehead atoms. The van der Waals surface area contributed by atoms with Crippen LogP contribution in [0.5, 0.6) is 0 Å². The van der Waals surface area contributed by atoms with Crippen molar-refractivity contribution >= 4 is 16.9 Å². The van der Waals surface area contributed by atoms with Crippen LogP contribution >= 0.6 is 11.8 Å². The minimum Gasteiger partial charge on any atom is -0.379 e. The van der Waals surface area contributed by atoms with Gasteiger partial charge >= 0.3 is 0 Å². The van der Waals surface area contributed by atoms with Crippen molar-refractivity contribution in [3.05, 3.63) is 0 Å². The summed E-state index contributed by atoms with van der Waals surface area (Å²) in [5.41, 5.74) is 5.22. The Bertz CT molecular complexity index is 201. The number of ether oxygens (including phenoxy) is 2. The van der Waals surface area contributed by atoms with Crippen LogP contribution in [0.3, 0.4) is 0 Å². The molecule has 1 saturated heterocycles. The van der Waals surface area contributed by atoms with Gasteiger partial charge in [0.25, 0.3) is 0 Å². The fourth-order valence-corrected chi connectivity index (χ4v) is 1.67. The van der Waals surface area contributed by atoms with Gasteiger partial charge in [-0.15, -0.1) is 0 Å². The van der Waals surface area contributed by atoms with E-state index in [1.807, 2.05) is 13.8 Å². The third-order valence-corrected chi connectivity index (χ3v) is 2.91. The molecule has 1 aliphatic rings. The van der Waals surface area contributed by atoms with Crippen LogP contribution in [0.25, 0.3) is 0 Å². The minimum absolute atomic E-state index is 0.0684. The Morgan fingerprint density at radius 1 is 1.77 bits per heavy atom. The summed E-state index contributed by atoms with van der Waals surface area (Å²) in [7, 11) is 0. The van der Waals surface area contributed by atoms with E-state index in [2.05, 4.69) is 0 Å². The highest BCUT2D eigenvalue weighted by Crippen LogP contribution is 2.27. The molecule has 1 fully saturated rings. The van der Waals surface area contributed by atoms with E-state index >= 15 is 0 Å². The zero-order chi connectivity index (χ0) is 9.90. The molecule has 0 aromatic carbocycles. The average molecular weight is 204 g/mol. The molecule has 3 N–H and O–H groups in total. The molecule has 0 aliphatic carbocycles. The summed E-state index contributed by atoms with van der Waals surface area (Å²) < 4.78 is 11.1. The van der Waals surface area contributed by atoms with Crippen LogP contribution in [0.4, 0.5) is 0 Å². The number of rotatable bonds is 3. The Balaban J connectivity index is 2.29. The van der Waals surface area contributed by atoms with Gasteiger partial charge in [0.05, 0.1) is 12.7 Å². The molecular weight excluding hydrogens is 188 g/mol. The van der Waals surface area contributed by atoms with Crippen LogP contribution in [0, 0.1) is 5.41 Å². The number of hydrogen-bond acceptors (Lipinski definition) is 4. The molecule has 76 valence electrons. The average Bonchev–Trinajstić information content (AvgIpc) is 2.45. The summed E-state index contributed by atoms with van der Waals surface area (Å²) in [5.74, 6) is 0.271. The Morgan fingerprint density at radius 2 is 2.46 bits per heavy atom. The molecule has 4 nitrogen and oxygen atoms in total. The van der Waals surface area contributed by atoms with E-state index in [-0.39, 0.29) is 11.3 Å². The molecular formula is C8H16N2O2S. The van der Waals surface area contributed by atoms with Crippen molar-refractivity contribution in [3.63, 3.8) is 0 Å². The lowest BCUT2D eigenvalue weighted by Crippen LogP contribution is -2.26. The third kappa shape index (κ3) is 3.17. The Kier molecular flexibility index (Phi) is 3.58. The number of nitrogens with two attached hydrogens (primary N) is 1. The molecule has 0 aromatic rings. The second-order valence-corrected chi connectivity index (χ2v) is 4.28. The fourth-order valence-electron chi connectivity index (χ4n) is 1.14. The van der Waals surface area contributed by atoms with Crippen molar-refractivity contribution < 1.29 is 9.47 Å². The summed E-state index contributed by atoms with van der Waals surface area (Å²) in [6, 6.07) is 0. The first-order valence-electron chi connectivity index (χ1n) is 4.34. The highest BCUT2D eigenvalue weighted by Gasteiger charge is 2.35. The maximum Gasteiger partial charge on any atom is 0.165 e. The van der Waals surface area contributed by atoms with Gasteiger partial charge in [0.15, 0.2) is 11.0 Å². The monoisotopic (exact) mass is 204 g/mol. The summed E-state index contributed by atoms with van der Waals surface area (Å²) in [5, 5.41) is 7.18. The second-order valence-electron chi connectivity index (χ2n) is 3.21. The van der Waals surface area contributed by atoms with E-state index in [1.165, 1.54) is 11.8 Å². The Labute approximate surface area is 82.7 Å². The number of amidine groups is 1. The Hall–Kier alpha value is -0.260. The van der Waals surface area contributed by atoms with Gasteiger partial charge in [0, 0.05) is 5.75 Å². The highest BCUT2D eigenvalue weighted by molar-refractivity contribution is 8.13. The molecule has 5 heteroatoms. The van der Waals surface area contributed by atoms with E-state index in [1.54, 1.807) is 0 Å². The number of hydrogen-bond donors (Lipinski definition) is 2. The Morgan fingerprint density at radius 3 is 2.92 bits per heavy atom. The molecule has 0 aromatic heterocycles. The van der Waals surface area contributed by atoms with Crippen molar-refractivity contribution in [3.8, 4) is 0 Å². The van der Waals surface area contributed by atoms with Crippen LogP contribution in [0.1, 0.15) is 20.3 Å². The quantitative estimate of drug-likeness (QED) is 0.534. The van der Waals surface area contributed by atoms with Gasteiger partial charge in [-0.05, 0) is 13.3 Å². The van der Waals surface area contributed by atoms with E-state index < -0.39 is 5.79 Å². The first-order chi connectivity index (χ1) is 6.06. The lowest BCUT2D eigenvalue weighted by molar-refractivity contribution is -0.152. The molecule has 0 radical (unpaired) electrons. The first-order valence-corrected chi connectivity index (χ1v) is 5.33. The van der Waals surface area contributed by atoms with Gasteiger partial charge in [-0.1, -0.05) is 18.7 Å². The summed E-state index contributed by atoms with van der Waals surface area (Å²) in [4.78, 5) is 0. The van der Waals surface area contributed by atoms with Crippen LogP contribution in [0.15, 0.2) is 0 Å². The maximum atomic E-state index is 7.05. The third-order valence-electron chi connectivity index (χ3n) is 2.06. The van der Waals surface area contributed by atoms with Crippen LogP contribution < -0.4 is 5.73 Å². The van der Waals surface area contributed by atoms with E-state index in [0.717, 1.165) is 6.42 Å². The molecule has 1 heterocycles. The molecule has 13 heavy (non-hydrogen) atoms. The zero-order valence-electron chi connectivity index (χ0n) is 8.00. The lowest BCUT2D eigenvalue weighted by atomic mass is 10.2. The van der Waals surface area contributed by atoms with Crippen LogP contribution in [0.2, 0.25) is 0 Å². The number of thioether (sulfide) groups is 1. The molecule has 0 spiro atoms. The molecule has 1 rings (SSSR count). The minimum atomic E-state index is -0.429. The normalized spacial score (nSPS) is 33.5. The van der Waals surface area contributed by atoms with Crippen LogP contribution in [-0.4, -0.2) is 29.4 Å². The zero-order valence-corrected chi connectivity index (χ0v) is 8.82. The summed E-state index contributed by atoms with van der Waals surface area (Å²) in [6.07, 6.45) is 0.910. The maximum absolute atomic E-state index is 7.05. The van der Waals surface area contributed by atoms with Crippen molar-refractivity contribution in [1.29, 1.82) is 5.41 Å². The van der Waals surface area contributed by atoms with Gasteiger partial charge in [-0.2, -0.15) is 0 Å². The van der Waals surface area contributed by atoms with Gasteiger partial charge in [0.2, 0.25) is 0 Å². The predicted octanol–water partition coefficient (Wildman–Crippen LogP) is 1.15. The fraction of sp³-hybridized carbons (Fsp3) is 0.875. The van der Waals surface area contributed by atoms with Crippen molar-refractivity contribution in [2.45, 2.75) is 32.2 Å². The summed E-state index contributed by atoms with van der Waals surface area (Å²) in [6.45, 7) is 4.57. The van der Waals surface area contributed by atoms with Crippen molar-refractivity contribution in [2.24, 2.45) is 5.73 Å². The van der Waals surface area contributed by atoms with E-state index in [9.17, 15) is 0 Å². The van der Waals surface area contributed by atoms with Gasteiger partial charge in [0.1, 0.15) is 0 Å². The summed E-state index contributed by atoms with van der Waals surface area (Å²) >= 11 is 1.30. The first kappa shape index (κ1) is 10.8. The van der Waals surface area contributed by atoms with E-state index in [4.69, 9.17) is 20.6 Å². The van der Waals surface area contributed by atoms with E-state index in [0.29, 0.717) is 12.4 Å². The smallest absolute Gasteiger partial charge is 0.165 e. The molecule has 1 aliphatic heterocycles. The number of nitrogens with one attached hydrogen (secondary N) is 1. The topological polar surface area (TPSA) is 68.3 Å². The SMILES string of the molecule is CCC1(C)OCC(CSC(=N)N)O1. The highest BCUT2D eigenvalue weighted by atomic mass is 32.2. The van der Waals surface area contributed by atoms with Crippen molar-refractivity contribution in [1.82, 2.24) is 0 Å². The molecule has 2 unspecified atom stereocenters. The van der Waals surface area contributed by atoms with Crippen LogP contribution in [-0.2, 0) is 9.47 Å². The largest absolute Gasteiger partial charge is 0.379 e. The lowest BCUT2D eigenvalue weighted by Gasteiger charge is -2.20. The second kappa shape index (κ2) is 4.30. The van der Waals surface area contributed by atoms with Gasteiger partial charge < -0.3 is 15.2 Å². The van der Waals surface area contributed by atoms with Crippen molar-refractivity contribution in [2.75, 3.05) is 12.4 Å².